The van der Waals surface area contributed by atoms with Gasteiger partial charge in [-0.15, -0.1) is 0 Å². The van der Waals surface area contributed by atoms with E-state index >= 15 is 0 Å². The Hall–Kier alpha value is -3.47. The summed E-state index contributed by atoms with van der Waals surface area (Å²) < 4.78 is 4.50. The van der Waals surface area contributed by atoms with Gasteiger partial charge in [0.05, 0.1) is 24.2 Å². The maximum atomic E-state index is 11.4. The number of methoxy groups -OCH3 is 1. The zero-order valence-electron chi connectivity index (χ0n) is 11.4. The van der Waals surface area contributed by atoms with E-state index in [1.165, 1.54) is 13.3 Å². The Labute approximate surface area is 125 Å². The zero-order valence-corrected chi connectivity index (χ0v) is 11.4. The first-order valence-electron chi connectivity index (χ1n) is 6.02. The number of esters is 1. The van der Waals surface area contributed by atoms with Crippen LogP contribution in [0, 0.1) is 16.7 Å². The molecule has 0 fully saturated rings. The monoisotopic (exact) mass is 298 g/mol. The van der Waals surface area contributed by atoms with Gasteiger partial charge in [-0.05, 0) is 12.1 Å². The van der Waals surface area contributed by atoms with E-state index in [0.29, 0.717) is 11.4 Å². The molecule has 0 atom stereocenters. The lowest BCUT2D eigenvalue weighted by Gasteiger charge is -2.07. The van der Waals surface area contributed by atoms with Crippen molar-refractivity contribution in [1.82, 2.24) is 4.98 Å². The van der Waals surface area contributed by atoms with Crippen LogP contribution >= 0.6 is 0 Å². The number of anilines is 2. The third-order valence-corrected chi connectivity index (χ3v) is 2.74. The average molecular weight is 298 g/mol. The first-order chi connectivity index (χ1) is 10.5. The molecule has 8 heteroatoms. The molecule has 1 N–H and O–H groups in total. The summed E-state index contributed by atoms with van der Waals surface area (Å²) in [7, 11) is 1.18. The number of benzene rings is 1. The smallest absolute Gasteiger partial charge is 0.339 e. The molecule has 1 aromatic heterocycles. The topological polar surface area (TPSA) is 98.7 Å². The van der Waals surface area contributed by atoms with Gasteiger partial charge in [0.1, 0.15) is 0 Å². The van der Waals surface area contributed by atoms with Crippen molar-refractivity contribution in [3.05, 3.63) is 63.6 Å². The van der Waals surface area contributed by atoms with Crippen LogP contribution in [-0.2, 0) is 4.74 Å². The summed E-state index contributed by atoms with van der Waals surface area (Å²) >= 11 is 0. The lowest BCUT2D eigenvalue weighted by molar-refractivity contribution is -0.384. The number of nitrogens with one attached hydrogen (secondary N) is 1. The molecule has 0 aliphatic heterocycles. The van der Waals surface area contributed by atoms with Gasteiger partial charge in [0.25, 0.3) is 0 Å². The number of rotatable bonds is 4. The van der Waals surface area contributed by atoms with Crippen molar-refractivity contribution in [3.8, 4) is 0 Å². The summed E-state index contributed by atoms with van der Waals surface area (Å²) in [5, 5.41) is 13.9. The van der Waals surface area contributed by atoms with Crippen molar-refractivity contribution in [2.75, 3.05) is 12.4 Å². The lowest BCUT2D eigenvalue weighted by atomic mass is 10.2. The minimum Gasteiger partial charge on any atom is -0.465 e. The molecule has 0 saturated carbocycles. The number of nitro groups is 1. The molecule has 0 saturated heterocycles. The first-order valence-corrected chi connectivity index (χ1v) is 6.02. The predicted molar refractivity (Wildman–Crippen MR) is 78.2 cm³/mol. The molecule has 8 nitrogen and oxygen atoms in total. The van der Waals surface area contributed by atoms with Crippen molar-refractivity contribution in [2.45, 2.75) is 0 Å². The van der Waals surface area contributed by atoms with Gasteiger partial charge in [0.15, 0.2) is 5.69 Å². The number of ether oxygens (including phenoxy) is 1. The fourth-order valence-corrected chi connectivity index (χ4v) is 1.67. The summed E-state index contributed by atoms with van der Waals surface area (Å²) in [5.41, 5.74) is 0.628. The second-order valence-corrected chi connectivity index (χ2v) is 4.12. The van der Waals surface area contributed by atoms with Crippen molar-refractivity contribution >= 4 is 28.8 Å². The van der Waals surface area contributed by atoms with Crippen molar-refractivity contribution < 1.29 is 14.5 Å². The van der Waals surface area contributed by atoms with E-state index < -0.39 is 10.9 Å². The molecule has 0 spiro atoms. The first kappa shape index (κ1) is 14.9. The normalized spacial score (nSPS) is 9.64. The molecule has 0 aliphatic carbocycles. The number of aromatic nitrogens is 1. The highest BCUT2D eigenvalue weighted by Gasteiger charge is 2.19. The van der Waals surface area contributed by atoms with Crippen LogP contribution in [0.3, 0.4) is 0 Å². The highest BCUT2D eigenvalue weighted by atomic mass is 16.6. The molecular weight excluding hydrogens is 288 g/mol. The Bertz CT molecular complexity index is 765. The molecule has 0 bridgehead atoms. The van der Waals surface area contributed by atoms with Gasteiger partial charge in [0.2, 0.25) is 5.82 Å². The molecule has 0 radical (unpaired) electrons. The Kier molecular flexibility index (Phi) is 4.29. The average Bonchev–Trinajstić information content (AvgIpc) is 2.55. The summed E-state index contributed by atoms with van der Waals surface area (Å²) in [5.74, 6) is -0.711. The van der Waals surface area contributed by atoms with Crippen LogP contribution in [0.5, 0.6) is 0 Å². The molecule has 0 unspecified atom stereocenters. The molecule has 0 amide bonds. The Balaban J connectivity index is 2.35. The van der Waals surface area contributed by atoms with Crippen LogP contribution in [-0.4, -0.2) is 23.0 Å². The number of carbonyl (C=O) groups excluding carboxylic acids is 1. The van der Waals surface area contributed by atoms with Gasteiger partial charge >= 0.3 is 11.7 Å². The standard InChI is InChI=1S/C14H10N4O4/c1-15-10-3-5-11(6-4-10)17-13-12(18(20)21)7-9(8-16-13)14(19)22-2/h3-8H,2H3,(H,16,17). The van der Waals surface area contributed by atoms with Crippen molar-refractivity contribution in [1.29, 1.82) is 0 Å². The minimum absolute atomic E-state index is 0.00628. The van der Waals surface area contributed by atoms with E-state index in [9.17, 15) is 14.9 Å². The summed E-state index contributed by atoms with van der Waals surface area (Å²) in [4.78, 5) is 29.0. The van der Waals surface area contributed by atoms with Gasteiger partial charge in [-0.2, -0.15) is 0 Å². The molecule has 1 aromatic carbocycles. The Morgan fingerprint density at radius 2 is 2.09 bits per heavy atom. The van der Waals surface area contributed by atoms with Crippen molar-refractivity contribution in [3.63, 3.8) is 0 Å². The Morgan fingerprint density at radius 1 is 1.41 bits per heavy atom. The van der Waals surface area contributed by atoms with E-state index in [-0.39, 0.29) is 17.1 Å². The molecule has 22 heavy (non-hydrogen) atoms. The highest BCUT2D eigenvalue weighted by Crippen LogP contribution is 2.27. The quantitative estimate of drug-likeness (QED) is 0.403. The van der Waals surface area contributed by atoms with Crippen LogP contribution in [0.25, 0.3) is 4.85 Å². The van der Waals surface area contributed by atoms with Crippen molar-refractivity contribution in [2.24, 2.45) is 0 Å². The molecule has 110 valence electrons. The lowest BCUT2D eigenvalue weighted by Crippen LogP contribution is -2.06. The van der Waals surface area contributed by atoms with E-state index in [4.69, 9.17) is 6.57 Å². The number of hydrogen-bond donors (Lipinski definition) is 1. The second-order valence-electron chi connectivity index (χ2n) is 4.12. The van der Waals surface area contributed by atoms with E-state index in [2.05, 4.69) is 19.9 Å². The van der Waals surface area contributed by atoms with E-state index in [1.54, 1.807) is 24.3 Å². The maximum Gasteiger partial charge on any atom is 0.339 e. The number of hydrogen-bond acceptors (Lipinski definition) is 6. The molecule has 2 rings (SSSR count). The molecular formula is C14H10N4O4. The molecule has 1 heterocycles. The minimum atomic E-state index is -0.705. The largest absolute Gasteiger partial charge is 0.465 e. The third-order valence-electron chi connectivity index (χ3n) is 2.74. The fourth-order valence-electron chi connectivity index (χ4n) is 1.67. The fraction of sp³-hybridized carbons (Fsp3) is 0.0714. The number of nitrogens with zero attached hydrogens (tertiary/aromatic N) is 3. The van der Waals surface area contributed by atoms with Gasteiger partial charge in [0, 0.05) is 18.0 Å². The predicted octanol–water partition coefficient (Wildman–Crippen LogP) is 3.07. The summed E-state index contributed by atoms with van der Waals surface area (Å²) in [6.07, 6.45) is 1.19. The van der Waals surface area contributed by atoms with Crippen LogP contribution in [0.15, 0.2) is 36.5 Å². The highest BCUT2D eigenvalue weighted by molar-refractivity contribution is 5.90. The molecule has 2 aromatic rings. The van der Waals surface area contributed by atoms with E-state index in [1.807, 2.05) is 0 Å². The zero-order chi connectivity index (χ0) is 16.1. The summed E-state index contributed by atoms with van der Waals surface area (Å²) in [6, 6.07) is 7.45. The van der Waals surface area contributed by atoms with Crippen LogP contribution < -0.4 is 5.32 Å². The molecule has 0 aliphatic rings. The summed E-state index contributed by atoms with van der Waals surface area (Å²) in [6.45, 7) is 6.87. The maximum absolute atomic E-state index is 11.4. The Morgan fingerprint density at radius 3 is 2.64 bits per heavy atom. The van der Waals surface area contributed by atoms with Gasteiger partial charge in [-0.3, -0.25) is 10.1 Å². The second kappa shape index (κ2) is 6.32. The SMILES string of the molecule is [C-]#[N+]c1ccc(Nc2ncc(C(=O)OC)cc2[N+](=O)[O-])cc1. The van der Waals surface area contributed by atoms with Gasteiger partial charge < -0.3 is 10.1 Å². The number of carbonyl (C=O) groups is 1. The third kappa shape index (κ3) is 3.16. The van der Waals surface area contributed by atoms with Crippen LogP contribution in [0.1, 0.15) is 10.4 Å². The van der Waals surface area contributed by atoms with E-state index in [0.717, 1.165) is 6.07 Å². The van der Waals surface area contributed by atoms with Crippen LogP contribution in [0.4, 0.5) is 22.9 Å². The van der Waals surface area contributed by atoms with Gasteiger partial charge in [-0.25, -0.2) is 14.6 Å². The number of pyridine rings is 1. The van der Waals surface area contributed by atoms with Gasteiger partial charge in [-0.1, -0.05) is 12.1 Å². The van der Waals surface area contributed by atoms with Crippen LogP contribution in [0.2, 0.25) is 0 Å².